The predicted octanol–water partition coefficient (Wildman–Crippen LogP) is 3.21. The van der Waals surface area contributed by atoms with E-state index in [1.807, 2.05) is 31.2 Å². The number of carbonyl (C=O) groups excluding carboxylic acids is 1. The smallest absolute Gasteiger partial charge is 0.305 e. The van der Waals surface area contributed by atoms with Crippen LogP contribution < -0.4 is 10.1 Å². The van der Waals surface area contributed by atoms with Gasteiger partial charge in [-0.05, 0) is 37.6 Å². The lowest BCUT2D eigenvalue weighted by Gasteiger charge is -2.28. The number of hydrogen-bond donors (Lipinski definition) is 2. The van der Waals surface area contributed by atoms with Crippen LogP contribution in [0.4, 0.5) is 0 Å². The number of rotatable bonds is 10. The summed E-state index contributed by atoms with van der Waals surface area (Å²) in [4.78, 5) is 27.9. The second kappa shape index (κ2) is 9.48. The van der Waals surface area contributed by atoms with Crippen molar-refractivity contribution in [2.24, 2.45) is 0 Å². The normalized spacial score (nSPS) is 13.0. The molecule has 1 heterocycles. The Labute approximate surface area is 162 Å². The highest BCUT2D eigenvalue weighted by Gasteiger charge is 2.30. The number of carboxylic acids is 1. The van der Waals surface area contributed by atoms with E-state index in [2.05, 4.69) is 10.3 Å². The molecule has 1 aromatic carbocycles. The lowest BCUT2D eigenvalue weighted by Crippen LogP contribution is -2.50. The molecule has 0 saturated heterocycles. The second-order valence-corrected chi connectivity index (χ2v) is 7.29. The Morgan fingerprint density at radius 2 is 2.00 bits per heavy atom. The maximum absolute atomic E-state index is 12.5. The Morgan fingerprint density at radius 3 is 2.59 bits per heavy atom. The molecule has 7 nitrogen and oxygen atoms in total. The molecular weight excluding hydrogens is 368 g/mol. The van der Waals surface area contributed by atoms with Gasteiger partial charge in [0.1, 0.15) is 16.5 Å². The van der Waals surface area contributed by atoms with Gasteiger partial charge in [-0.3, -0.25) is 9.59 Å². The van der Waals surface area contributed by atoms with Crippen molar-refractivity contribution in [3.63, 3.8) is 0 Å². The summed E-state index contributed by atoms with van der Waals surface area (Å²) in [5.74, 6) is -0.653. The van der Waals surface area contributed by atoms with Crippen molar-refractivity contribution in [1.29, 1.82) is 0 Å². The summed E-state index contributed by atoms with van der Waals surface area (Å²) in [6.45, 7) is 4.42. The van der Waals surface area contributed by atoms with Crippen LogP contribution in [0, 0.1) is 0 Å². The number of methoxy groups -OCH3 is 1. The number of aliphatic carboxylic acids is 1. The number of carbonyl (C=O) groups is 2. The van der Waals surface area contributed by atoms with Gasteiger partial charge in [0, 0.05) is 18.1 Å². The largest absolute Gasteiger partial charge is 0.494 e. The van der Waals surface area contributed by atoms with Gasteiger partial charge in [0.2, 0.25) is 0 Å². The average molecular weight is 392 g/mol. The molecule has 0 aliphatic heterocycles. The highest BCUT2D eigenvalue weighted by molar-refractivity contribution is 7.13. The van der Waals surface area contributed by atoms with E-state index in [1.165, 1.54) is 18.4 Å². The van der Waals surface area contributed by atoms with Crippen LogP contribution in [-0.4, -0.2) is 47.8 Å². The van der Waals surface area contributed by atoms with E-state index in [-0.39, 0.29) is 18.7 Å². The quantitative estimate of drug-likeness (QED) is 0.644. The Hall–Kier alpha value is -2.45. The molecule has 1 amide bonds. The Balaban J connectivity index is 2.09. The summed E-state index contributed by atoms with van der Waals surface area (Å²) in [7, 11) is 1.46. The molecule has 0 bridgehead atoms. The average Bonchev–Trinajstić information content (AvgIpc) is 3.10. The van der Waals surface area contributed by atoms with Crippen LogP contribution in [0.1, 0.15) is 37.2 Å². The lowest BCUT2D eigenvalue weighted by atomic mass is 9.99. The van der Waals surface area contributed by atoms with E-state index in [0.29, 0.717) is 11.6 Å². The van der Waals surface area contributed by atoms with Crippen LogP contribution in [0.5, 0.6) is 5.75 Å². The number of nitrogens with one attached hydrogen (secondary N) is 1. The van der Waals surface area contributed by atoms with Crippen LogP contribution in [0.15, 0.2) is 29.6 Å². The Morgan fingerprint density at radius 1 is 1.30 bits per heavy atom. The maximum Gasteiger partial charge on any atom is 0.305 e. The molecule has 2 N–H and O–H groups in total. The monoisotopic (exact) mass is 392 g/mol. The summed E-state index contributed by atoms with van der Waals surface area (Å²) in [6.07, 6.45) is 0.694. The first-order valence-electron chi connectivity index (χ1n) is 8.59. The van der Waals surface area contributed by atoms with Gasteiger partial charge in [-0.25, -0.2) is 4.98 Å². The molecule has 0 aliphatic carbocycles. The number of nitrogens with zero attached hydrogens (tertiary/aromatic N) is 1. The summed E-state index contributed by atoms with van der Waals surface area (Å²) < 4.78 is 10.6. The standard InChI is InChI=1S/C19H24N2O5S/c1-4-9-26-14-7-5-13(6-8-14)18-20-15(11-27-18)17(24)21-19(2,12-25-3)10-16(22)23/h5-8,11H,4,9-10,12H2,1-3H3,(H,21,24)(H,22,23). The molecule has 1 unspecified atom stereocenters. The molecule has 8 heteroatoms. The molecule has 146 valence electrons. The predicted molar refractivity (Wildman–Crippen MR) is 103 cm³/mol. The third kappa shape index (κ3) is 6.04. The number of ether oxygens (including phenoxy) is 2. The third-order valence-electron chi connectivity index (χ3n) is 3.73. The van der Waals surface area contributed by atoms with Crippen molar-refractivity contribution in [2.75, 3.05) is 20.3 Å². The zero-order valence-electron chi connectivity index (χ0n) is 15.7. The number of benzene rings is 1. The van der Waals surface area contributed by atoms with Crippen LogP contribution in [0.3, 0.4) is 0 Å². The van der Waals surface area contributed by atoms with Crippen molar-refractivity contribution >= 4 is 23.2 Å². The molecule has 0 radical (unpaired) electrons. The van der Waals surface area contributed by atoms with E-state index in [1.54, 1.807) is 12.3 Å². The molecule has 0 aliphatic rings. The minimum Gasteiger partial charge on any atom is -0.494 e. The van der Waals surface area contributed by atoms with Crippen LogP contribution >= 0.6 is 11.3 Å². The van der Waals surface area contributed by atoms with E-state index in [4.69, 9.17) is 14.6 Å². The Bertz CT molecular complexity index is 775. The van der Waals surface area contributed by atoms with Crippen molar-refractivity contribution in [3.8, 4) is 16.3 Å². The molecule has 2 aromatic rings. The van der Waals surface area contributed by atoms with Gasteiger partial charge in [-0.1, -0.05) is 6.92 Å². The molecule has 2 rings (SSSR count). The fourth-order valence-corrected chi connectivity index (χ4v) is 3.35. The van der Waals surface area contributed by atoms with E-state index in [9.17, 15) is 9.59 Å². The summed E-state index contributed by atoms with van der Waals surface area (Å²) >= 11 is 1.35. The van der Waals surface area contributed by atoms with E-state index in [0.717, 1.165) is 17.7 Å². The van der Waals surface area contributed by atoms with Crippen LogP contribution in [-0.2, 0) is 9.53 Å². The maximum atomic E-state index is 12.5. The first-order chi connectivity index (χ1) is 12.9. The minimum absolute atomic E-state index is 0.0846. The van der Waals surface area contributed by atoms with Gasteiger partial charge >= 0.3 is 5.97 Å². The van der Waals surface area contributed by atoms with Gasteiger partial charge in [-0.2, -0.15) is 0 Å². The molecule has 1 aromatic heterocycles. The molecular formula is C19H24N2O5S. The van der Waals surface area contributed by atoms with E-state index < -0.39 is 17.4 Å². The van der Waals surface area contributed by atoms with Crippen molar-refractivity contribution in [3.05, 3.63) is 35.3 Å². The first kappa shape index (κ1) is 20.9. The van der Waals surface area contributed by atoms with Crippen molar-refractivity contribution < 1.29 is 24.2 Å². The molecule has 0 spiro atoms. The number of carboxylic acid groups (broad SMARTS) is 1. The fraction of sp³-hybridized carbons (Fsp3) is 0.421. The minimum atomic E-state index is -1.01. The van der Waals surface area contributed by atoms with Gasteiger partial charge in [-0.15, -0.1) is 11.3 Å². The van der Waals surface area contributed by atoms with Crippen LogP contribution in [0.2, 0.25) is 0 Å². The van der Waals surface area contributed by atoms with Crippen molar-refractivity contribution in [1.82, 2.24) is 10.3 Å². The number of amides is 1. The highest BCUT2D eigenvalue weighted by Crippen LogP contribution is 2.26. The SMILES string of the molecule is CCCOc1ccc(-c2nc(C(=O)NC(C)(COC)CC(=O)O)cs2)cc1. The zero-order chi connectivity index (χ0) is 19.9. The van der Waals surface area contributed by atoms with Gasteiger partial charge in [0.15, 0.2) is 0 Å². The van der Waals surface area contributed by atoms with Crippen LogP contribution in [0.25, 0.3) is 10.6 Å². The Kier molecular flexibility index (Phi) is 7.32. The lowest BCUT2D eigenvalue weighted by molar-refractivity contribution is -0.139. The molecule has 1 atom stereocenters. The third-order valence-corrected chi connectivity index (χ3v) is 4.62. The summed E-state index contributed by atoms with van der Waals surface area (Å²) in [5.41, 5.74) is 0.113. The zero-order valence-corrected chi connectivity index (χ0v) is 16.5. The number of aromatic nitrogens is 1. The van der Waals surface area contributed by atoms with Gasteiger partial charge < -0.3 is 19.9 Å². The highest BCUT2D eigenvalue weighted by atomic mass is 32.1. The molecule has 27 heavy (non-hydrogen) atoms. The van der Waals surface area contributed by atoms with Crippen molar-refractivity contribution in [2.45, 2.75) is 32.2 Å². The fourth-order valence-electron chi connectivity index (χ4n) is 2.55. The molecule has 0 fully saturated rings. The first-order valence-corrected chi connectivity index (χ1v) is 9.47. The summed E-state index contributed by atoms with van der Waals surface area (Å²) in [5, 5.41) is 14.1. The van der Waals surface area contributed by atoms with E-state index >= 15 is 0 Å². The number of thiazole rings is 1. The number of hydrogen-bond acceptors (Lipinski definition) is 6. The second-order valence-electron chi connectivity index (χ2n) is 6.43. The summed E-state index contributed by atoms with van der Waals surface area (Å²) in [6, 6.07) is 7.53. The topological polar surface area (TPSA) is 97.8 Å². The molecule has 0 saturated carbocycles. The van der Waals surface area contributed by atoms with Gasteiger partial charge in [0.25, 0.3) is 5.91 Å². The van der Waals surface area contributed by atoms with Gasteiger partial charge in [0.05, 0.1) is 25.2 Å².